The number of primary sulfonamides is 1. The van der Waals surface area contributed by atoms with Crippen LogP contribution in [-0.4, -0.2) is 77.6 Å². The highest BCUT2D eigenvalue weighted by atomic mass is 32.2. The first-order valence-corrected chi connectivity index (χ1v) is 24.4. The number of carbonyl (C=O) groups is 2. The first kappa shape index (κ1) is 45.1. The van der Waals surface area contributed by atoms with Gasteiger partial charge in [0.05, 0.1) is 51.5 Å². The number of nitrogens with one attached hydrogen (secondary N) is 1. The summed E-state index contributed by atoms with van der Waals surface area (Å²) in [7, 11) is -4.42. The second kappa shape index (κ2) is 19.0. The highest BCUT2D eigenvalue weighted by molar-refractivity contribution is 7.90. The predicted octanol–water partition coefficient (Wildman–Crippen LogP) is 5.56. The minimum atomic E-state index is -3.98. The standard InChI is InChI=1S/C23H24N4O4S.C17H17NO3.C6H9N3O2S/c1-31-23-11-16(9-10-24-23)20-8-5-15-3-2-4-19(15)21(20)12-22(28)26-32(29,30)18-13-25-27(14-18)17-6-7-17;1-21-16-9-12(7-8-18-16)14-6-5-11-3-2-4-13(11)15(14)10-17(19)20;7-12(10,11)6-3-8-9(4-6)5-1-2-5/h5,8-11,13-14,17H,2-4,6-7,12H2,1H3,(H,26,28);5-9H,2-4,10H2,1H3,(H,19,20);3-5H,1-2H2,(H2,7,10,11). The summed E-state index contributed by atoms with van der Waals surface area (Å²) < 4.78 is 63.1. The maximum Gasteiger partial charge on any atom is 0.307 e. The molecule has 4 N–H and O–H groups in total. The number of amides is 1. The van der Waals surface area contributed by atoms with Crippen LogP contribution >= 0.6 is 0 Å². The normalized spacial score (nSPS) is 15.1. The van der Waals surface area contributed by atoms with Crippen LogP contribution in [0.3, 0.4) is 0 Å². The fourth-order valence-corrected chi connectivity index (χ4v) is 9.74. The number of aryl methyl sites for hydroxylation is 2. The summed E-state index contributed by atoms with van der Waals surface area (Å²) in [4.78, 5) is 32.5. The van der Waals surface area contributed by atoms with Gasteiger partial charge in [-0.05, 0) is 132 Å². The molecule has 4 aliphatic carbocycles. The molecule has 0 aliphatic heterocycles. The van der Waals surface area contributed by atoms with Gasteiger partial charge in [-0.25, -0.2) is 36.7 Å². The maximum atomic E-state index is 12.9. The Balaban J connectivity index is 0.000000149. The van der Waals surface area contributed by atoms with Gasteiger partial charge >= 0.3 is 5.97 Å². The van der Waals surface area contributed by atoms with Crippen molar-refractivity contribution in [1.82, 2.24) is 34.3 Å². The van der Waals surface area contributed by atoms with Gasteiger partial charge < -0.3 is 14.6 Å². The van der Waals surface area contributed by atoms with Gasteiger partial charge in [0.25, 0.3) is 10.0 Å². The number of aliphatic carboxylic acids is 1. The molecule has 19 heteroatoms. The molecule has 6 aromatic rings. The molecular formula is C46H50N8O9S2. The minimum Gasteiger partial charge on any atom is -0.481 e. The number of methoxy groups -OCH3 is 2. The molecule has 65 heavy (non-hydrogen) atoms. The van der Waals surface area contributed by atoms with Crippen molar-refractivity contribution < 1.29 is 41.0 Å². The van der Waals surface area contributed by atoms with Gasteiger partial charge in [0.15, 0.2) is 0 Å². The summed E-state index contributed by atoms with van der Waals surface area (Å²) in [6, 6.07) is 16.3. The van der Waals surface area contributed by atoms with Crippen molar-refractivity contribution in [3.63, 3.8) is 0 Å². The smallest absolute Gasteiger partial charge is 0.307 e. The van der Waals surface area contributed by atoms with E-state index in [1.54, 1.807) is 36.0 Å². The molecular weight excluding hydrogens is 873 g/mol. The molecule has 17 nitrogen and oxygen atoms in total. The molecule has 2 aromatic carbocycles. The van der Waals surface area contributed by atoms with Crippen molar-refractivity contribution in [2.45, 2.75) is 98.9 Å². The summed E-state index contributed by atoms with van der Waals surface area (Å²) >= 11 is 0. The van der Waals surface area contributed by atoms with E-state index >= 15 is 0 Å². The van der Waals surface area contributed by atoms with E-state index in [1.165, 1.54) is 41.5 Å². The maximum absolute atomic E-state index is 12.9. The topological polar surface area (TPSA) is 241 Å². The van der Waals surface area contributed by atoms with E-state index < -0.39 is 31.9 Å². The highest BCUT2D eigenvalue weighted by Gasteiger charge is 2.29. The van der Waals surface area contributed by atoms with E-state index in [-0.39, 0.29) is 28.7 Å². The molecule has 0 spiro atoms. The quantitative estimate of drug-likeness (QED) is 0.129. The number of nitrogens with two attached hydrogens (primary N) is 1. The lowest BCUT2D eigenvalue weighted by Gasteiger charge is -2.15. The number of benzene rings is 2. The Hall–Kier alpha value is -6.44. The fourth-order valence-electron chi connectivity index (χ4n) is 8.37. The molecule has 0 saturated heterocycles. The van der Waals surface area contributed by atoms with Crippen LogP contribution in [0.1, 0.15) is 84.0 Å². The number of aromatic nitrogens is 6. The zero-order valence-corrected chi connectivity index (χ0v) is 37.6. The van der Waals surface area contributed by atoms with E-state index in [0.29, 0.717) is 17.8 Å². The van der Waals surface area contributed by atoms with Crippen LogP contribution < -0.4 is 19.3 Å². The third-order valence-corrected chi connectivity index (χ3v) is 14.1. The zero-order chi connectivity index (χ0) is 45.9. The number of ether oxygens (including phenoxy) is 2. The van der Waals surface area contributed by atoms with Crippen LogP contribution in [0.4, 0.5) is 0 Å². The summed E-state index contributed by atoms with van der Waals surface area (Å²) in [5.41, 5.74) is 10.3. The molecule has 2 saturated carbocycles. The number of carboxylic acids is 1. The Bertz CT molecular complexity index is 2980. The molecule has 0 radical (unpaired) electrons. The largest absolute Gasteiger partial charge is 0.481 e. The van der Waals surface area contributed by atoms with Crippen LogP contribution in [0.5, 0.6) is 11.8 Å². The third kappa shape index (κ3) is 10.8. The van der Waals surface area contributed by atoms with Crippen LogP contribution in [0.25, 0.3) is 22.3 Å². The number of fused-ring (bicyclic) bond motifs is 2. The summed E-state index contributed by atoms with van der Waals surface area (Å²) in [6.07, 6.45) is 19.0. The summed E-state index contributed by atoms with van der Waals surface area (Å²) in [5.74, 6) is -0.341. The van der Waals surface area contributed by atoms with Gasteiger partial charge in [0, 0.05) is 36.9 Å². The Kier molecular flexibility index (Phi) is 13.2. The average Bonchev–Trinajstić information content (AvgIpc) is 4.00. The lowest BCUT2D eigenvalue weighted by Crippen LogP contribution is -2.32. The van der Waals surface area contributed by atoms with E-state index in [4.69, 9.17) is 14.6 Å². The lowest BCUT2D eigenvalue weighted by molar-refractivity contribution is -0.136. The molecule has 1 amide bonds. The van der Waals surface area contributed by atoms with Gasteiger partial charge in [-0.1, -0.05) is 24.3 Å². The highest BCUT2D eigenvalue weighted by Crippen LogP contribution is 2.37. The number of hydrogen-bond acceptors (Lipinski definition) is 12. The van der Waals surface area contributed by atoms with E-state index in [9.17, 15) is 31.5 Å². The van der Waals surface area contributed by atoms with Crippen molar-refractivity contribution in [1.29, 1.82) is 0 Å². The number of carboxylic acid groups (broad SMARTS) is 1. The second-order valence-corrected chi connectivity index (χ2v) is 19.7. The third-order valence-electron chi connectivity index (χ3n) is 11.9. The van der Waals surface area contributed by atoms with Gasteiger partial charge in [-0.3, -0.25) is 19.0 Å². The molecule has 0 unspecified atom stereocenters. The SMILES string of the molecule is COc1cc(-c2ccc3c(c2CC(=O)NS(=O)(=O)c2cnn(C4CC4)c2)CCC3)ccn1.COc1cc(-c2ccc3c(c2CC(=O)O)CCC3)ccn1.NS(=O)(=O)c1cnn(C2CC2)c1. The monoisotopic (exact) mass is 922 g/mol. The van der Waals surface area contributed by atoms with Crippen molar-refractivity contribution in [2.24, 2.45) is 5.14 Å². The minimum absolute atomic E-state index is 0.00938. The Morgan fingerprint density at radius 1 is 0.708 bits per heavy atom. The first-order chi connectivity index (χ1) is 31.2. The number of nitrogens with zero attached hydrogens (tertiary/aromatic N) is 6. The van der Waals surface area contributed by atoms with Gasteiger partial charge in [0.1, 0.15) is 9.79 Å². The number of rotatable bonds is 13. The fraction of sp³-hybridized carbons (Fsp3) is 0.348. The van der Waals surface area contributed by atoms with E-state index in [0.717, 1.165) is 103 Å². The number of hydrogen-bond donors (Lipinski definition) is 3. The molecule has 10 rings (SSSR count). The second-order valence-electron chi connectivity index (χ2n) is 16.4. The first-order valence-electron chi connectivity index (χ1n) is 21.4. The van der Waals surface area contributed by atoms with Crippen LogP contribution in [-0.2, 0) is 68.2 Å². The predicted molar refractivity (Wildman–Crippen MR) is 239 cm³/mol. The number of carbonyl (C=O) groups excluding carboxylic acids is 1. The number of pyridine rings is 2. The Morgan fingerprint density at radius 2 is 1.18 bits per heavy atom. The van der Waals surface area contributed by atoms with Gasteiger partial charge in [-0.15, -0.1) is 0 Å². The summed E-state index contributed by atoms with van der Waals surface area (Å²) in [6.45, 7) is 0. The average molecular weight is 923 g/mol. The molecule has 340 valence electrons. The summed E-state index contributed by atoms with van der Waals surface area (Å²) in [5, 5.41) is 22.2. The molecule has 4 aromatic heterocycles. The van der Waals surface area contributed by atoms with Gasteiger partial charge in [0.2, 0.25) is 27.7 Å². The van der Waals surface area contributed by atoms with Crippen molar-refractivity contribution in [3.8, 4) is 34.0 Å². The van der Waals surface area contributed by atoms with Crippen molar-refractivity contribution in [3.05, 3.63) is 119 Å². The van der Waals surface area contributed by atoms with Crippen LogP contribution in [0, 0.1) is 0 Å². The van der Waals surface area contributed by atoms with Crippen molar-refractivity contribution >= 4 is 31.9 Å². The molecule has 2 fully saturated rings. The number of sulfonamides is 2. The molecule has 0 bridgehead atoms. The van der Waals surface area contributed by atoms with Crippen LogP contribution in [0.15, 0.2) is 95.5 Å². The van der Waals surface area contributed by atoms with E-state index in [2.05, 4.69) is 37.0 Å². The van der Waals surface area contributed by atoms with Gasteiger partial charge in [-0.2, -0.15) is 10.2 Å². The molecule has 4 heterocycles. The Labute approximate surface area is 377 Å². The van der Waals surface area contributed by atoms with Crippen LogP contribution in [0.2, 0.25) is 0 Å². The zero-order valence-electron chi connectivity index (χ0n) is 36.0. The van der Waals surface area contributed by atoms with E-state index in [1.807, 2.05) is 36.4 Å². The Morgan fingerprint density at radius 3 is 1.63 bits per heavy atom. The molecule has 0 atom stereocenters. The van der Waals surface area contributed by atoms with Crippen molar-refractivity contribution in [2.75, 3.05) is 14.2 Å². The molecule has 4 aliphatic rings. The lowest BCUT2D eigenvalue weighted by atomic mass is 9.91.